The van der Waals surface area contributed by atoms with Crippen molar-refractivity contribution in [3.05, 3.63) is 57.8 Å². The summed E-state index contributed by atoms with van der Waals surface area (Å²) in [6.45, 7) is 5.47. The number of nitrogens with one attached hydrogen (secondary N) is 1. The van der Waals surface area contributed by atoms with Gasteiger partial charge in [-0.2, -0.15) is 0 Å². The predicted molar refractivity (Wildman–Crippen MR) is 95.7 cm³/mol. The second-order valence-electron chi connectivity index (χ2n) is 5.28. The first kappa shape index (κ1) is 14.8. The molecule has 0 spiro atoms. The lowest BCUT2D eigenvalue weighted by molar-refractivity contribution is 0.606. The van der Waals surface area contributed by atoms with Gasteiger partial charge in [0.1, 0.15) is 0 Å². The number of thiophene rings is 2. The van der Waals surface area contributed by atoms with Crippen LogP contribution in [-0.4, -0.2) is 6.54 Å². The zero-order valence-electron chi connectivity index (χ0n) is 12.6. The van der Waals surface area contributed by atoms with Gasteiger partial charge in [0.15, 0.2) is 0 Å². The molecule has 0 amide bonds. The minimum absolute atomic E-state index is 0.320. The highest BCUT2D eigenvalue weighted by Crippen LogP contribution is 2.35. The summed E-state index contributed by atoms with van der Waals surface area (Å²) in [4.78, 5) is 1.43. The van der Waals surface area contributed by atoms with Gasteiger partial charge in [-0.3, -0.25) is 0 Å². The number of aryl methyl sites for hydroxylation is 1. The molecule has 110 valence electrons. The van der Waals surface area contributed by atoms with Crippen molar-refractivity contribution < 1.29 is 0 Å². The maximum Gasteiger partial charge on any atom is 0.0671 e. The maximum absolute atomic E-state index is 3.71. The van der Waals surface area contributed by atoms with Gasteiger partial charge in [-0.1, -0.05) is 38.1 Å². The second-order valence-corrected chi connectivity index (χ2v) is 7.34. The monoisotopic (exact) mass is 315 g/mol. The van der Waals surface area contributed by atoms with E-state index in [1.54, 1.807) is 0 Å². The van der Waals surface area contributed by atoms with Crippen LogP contribution in [0.1, 0.15) is 42.3 Å². The van der Waals surface area contributed by atoms with Crippen LogP contribution in [0.3, 0.4) is 0 Å². The summed E-state index contributed by atoms with van der Waals surface area (Å²) in [6, 6.07) is 14.0. The summed E-state index contributed by atoms with van der Waals surface area (Å²) in [5.74, 6) is 0. The fraction of sp³-hybridized carbons (Fsp3) is 0.333. The third kappa shape index (κ3) is 3.20. The molecule has 0 aliphatic heterocycles. The van der Waals surface area contributed by atoms with Gasteiger partial charge in [-0.15, -0.1) is 22.7 Å². The maximum atomic E-state index is 3.71. The van der Waals surface area contributed by atoms with E-state index < -0.39 is 0 Å². The van der Waals surface area contributed by atoms with Crippen LogP contribution in [0.25, 0.3) is 9.40 Å². The van der Waals surface area contributed by atoms with Crippen LogP contribution in [-0.2, 0) is 6.42 Å². The molecular formula is C18H21NS2. The average Bonchev–Trinajstić information content (AvgIpc) is 3.10. The third-order valence-corrected chi connectivity index (χ3v) is 5.92. The Labute approximate surface area is 134 Å². The molecule has 2 heterocycles. The molecule has 1 atom stereocenters. The van der Waals surface area contributed by atoms with E-state index in [1.807, 2.05) is 22.7 Å². The topological polar surface area (TPSA) is 12.0 Å². The first-order valence-electron chi connectivity index (χ1n) is 7.61. The molecule has 1 nitrogen and oxygen atoms in total. The number of hydrogen-bond donors (Lipinski definition) is 1. The highest BCUT2D eigenvalue weighted by molar-refractivity contribution is 7.27. The van der Waals surface area contributed by atoms with Crippen LogP contribution in [0.5, 0.6) is 0 Å². The molecule has 1 unspecified atom stereocenters. The quantitative estimate of drug-likeness (QED) is 0.623. The van der Waals surface area contributed by atoms with Gasteiger partial charge in [0.05, 0.1) is 6.04 Å². The SMILES string of the molecule is CCCNC(c1ccc(CC)cc1)c1cc2sccc2s1. The van der Waals surface area contributed by atoms with Gasteiger partial charge >= 0.3 is 0 Å². The van der Waals surface area contributed by atoms with E-state index in [-0.39, 0.29) is 0 Å². The molecule has 2 aromatic heterocycles. The standard InChI is InChI=1S/C18H21NS2/c1-3-10-19-18(14-7-5-13(4-2)6-8-14)17-12-16-15(21-17)9-11-20-16/h5-9,11-12,18-19H,3-4,10H2,1-2H3. The molecule has 1 N–H and O–H groups in total. The number of rotatable bonds is 6. The van der Waals surface area contributed by atoms with Crippen molar-refractivity contribution in [1.29, 1.82) is 0 Å². The van der Waals surface area contributed by atoms with Crippen molar-refractivity contribution in [1.82, 2.24) is 5.32 Å². The molecular weight excluding hydrogens is 294 g/mol. The van der Waals surface area contributed by atoms with Crippen molar-refractivity contribution in [2.24, 2.45) is 0 Å². The lowest BCUT2D eigenvalue weighted by Gasteiger charge is -2.18. The summed E-state index contributed by atoms with van der Waals surface area (Å²) in [7, 11) is 0. The van der Waals surface area contributed by atoms with Crippen LogP contribution < -0.4 is 5.32 Å². The van der Waals surface area contributed by atoms with Crippen LogP contribution in [0, 0.1) is 0 Å². The largest absolute Gasteiger partial charge is 0.306 e. The van der Waals surface area contributed by atoms with Crippen molar-refractivity contribution in [2.45, 2.75) is 32.7 Å². The Morgan fingerprint density at radius 2 is 1.86 bits per heavy atom. The van der Waals surface area contributed by atoms with E-state index in [0.29, 0.717) is 6.04 Å². The minimum Gasteiger partial charge on any atom is -0.306 e. The predicted octanol–water partition coefficient (Wildman–Crippen LogP) is 5.61. The van der Waals surface area contributed by atoms with E-state index in [1.165, 1.54) is 25.4 Å². The summed E-state index contributed by atoms with van der Waals surface area (Å²) < 4.78 is 2.81. The molecule has 0 fully saturated rings. The van der Waals surface area contributed by atoms with Crippen LogP contribution in [0.2, 0.25) is 0 Å². The zero-order chi connectivity index (χ0) is 14.7. The Morgan fingerprint density at radius 1 is 1.05 bits per heavy atom. The number of hydrogen-bond acceptors (Lipinski definition) is 3. The Balaban J connectivity index is 1.93. The van der Waals surface area contributed by atoms with E-state index >= 15 is 0 Å². The van der Waals surface area contributed by atoms with Gasteiger partial charge in [0.2, 0.25) is 0 Å². The van der Waals surface area contributed by atoms with Crippen LogP contribution >= 0.6 is 22.7 Å². The molecule has 3 heteroatoms. The highest BCUT2D eigenvalue weighted by Gasteiger charge is 2.16. The minimum atomic E-state index is 0.320. The first-order chi connectivity index (χ1) is 10.3. The van der Waals surface area contributed by atoms with Gasteiger partial charge in [0, 0.05) is 14.3 Å². The molecule has 21 heavy (non-hydrogen) atoms. The van der Waals surface area contributed by atoms with E-state index in [9.17, 15) is 0 Å². The summed E-state index contributed by atoms with van der Waals surface area (Å²) in [5, 5.41) is 5.88. The number of benzene rings is 1. The summed E-state index contributed by atoms with van der Waals surface area (Å²) in [6.07, 6.45) is 2.26. The third-order valence-electron chi connectivity index (χ3n) is 3.76. The normalized spacial score (nSPS) is 12.9. The summed E-state index contributed by atoms with van der Waals surface area (Å²) in [5.41, 5.74) is 2.77. The van der Waals surface area contributed by atoms with Gasteiger partial charge in [-0.05, 0) is 48.0 Å². The molecule has 0 aliphatic carbocycles. The molecule has 0 bridgehead atoms. The van der Waals surface area contributed by atoms with E-state index in [0.717, 1.165) is 19.4 Å². The van der Waals surface area contributed by atoms with Crippen molar-refractivity contribution in [2.75, 3.05) is 6.54 Å². The van der Waals surface area contributed by atoms with E-state index in [2.05, 4.69) is 60.9 Å². The summed E-state index contributed by atoms with van der Waals surface area (Å²) >= 11 is 3.75. The Bertz CT molecular complexity index is 665. The Morgan fingerprint density at radius 3 is 2.52 bits per heavy atom. The molecule has 3 rings (SSSR count). The smallest absolute Gasteiger partial charge is 0.0671 e. The molecule has 0 radical (unpaired) electrons. The van der Waals surface area contributed by atoms with Crippen molar-refractivity contribution in [3.63, 3.8) is 0 Å². The molecule has 0 saturated carbocycles. The second kappa shape index (κ2) is 6.73. The Kier molecular flexibility index (Phi) is 4.73. The fourth-order valence-corrected chi connectivity index (χ4v) is 4.77. The average molecular weight is 316 g/mol. The first-order valence-corrected chi connectivity index (χ1v) is 9.30. The van der Waals surface area contributed by atoms with Crippen LogP contribution in [0.4, 0.5) is 0 Å². The van der Waals surface area contributed by atoms with E-state index in [4.69, 9.17) is 0 Å². The van der Waals surface area contributed by atoms with Crippen molar-refractivity contribution in [3.8, 4) is 0 Å². The fourth-order valence-electron chi connectivity index (χ4n) is 2.54. The lowest BCUT2D eigenvalue weighted by Crippen LogP contribution is -2.22. The van der Waals surface area contributed by atoms with Gasteiger partial charge in [0.25, 0.3) is 0 Å². The number of fused-ring (bicyclic) bond motifs is 1. The van der Waals surface area contributed by atoms with Gasteiger partial charge in [-0.25, -0.2) is 0 Å². The van der Waals surface area contributed by atoms with Crippen LogP contribution in [0.15, 0.2) is 41.8 Å². The van der Waals surface area contributed by atoms with Gasteiger partial charge < -0.3 is 5.32 Å². The van der Waals surface area contributed by atoms with Crippen molar-refractivity contribution >= 4 is 32.1 Å². The zero-order valence-corrected chi connectivity index (χ0v) is 14.2. The molecule has 0 saturated heterocycles. The molecule has 1 aromatic carbocycles. The molecule has 0 aliphatic rings. The Hall–Kier alpha value is -1.16. The molecule has 3 aromatic rings. The highest BCUT2D eigenvalue weighted by atomic mass is 32.1. The lowest BCUT2D eigenvalue weighted by atomic mass is 10.0.